The third-order valence-electron chi connectivity index (χ3n) is 4.13. The second-order valence-corrected chi connectivity index (χ2v) is 5.14. The number of carbonyl (C=O) groups is 2. The van der Waals surface area contributed by atoms with Gasteiger partial charge < -0.3 is 15.5 Å². The van der Waals surface area contributed by atoms with E-state index in [4.69, 9.17) is 0 Å². The van der Waals surface area contributed by atoms with Crippen LogP contribution in [0.15, 0.2) is 0 Å². The largest absolute Gasteiger partial charge is 0.344 e. The molecule has 2 unspecified atom stereocenters. The average Bonchev–Trinajstić information content (AvgIpc) is 2.92. The second kappa shape index (κ2) is 4.64. The van der Waals surface area contributed by atoms with Gasteiger partial charge in [0, 0.05) is 20.1 Å². The molecule has 17 heavy (non-hydrogen) atoms. The van der Waals surface area contributed by atoms with Gasteiger partial charge in [0.25, 0.3) is 0 Å². The highest BCUT2D eigenvalue weighted by Gasteiger charge is 2.42. The smallest absolute Gasteiger partial charge is 0.244 e. The molecular weight excluding hydrogens is 218 g/mol. The first-order valence-corrected chi connectivity index (χ1v) is 6.36. The molecule has 2 amide bonds. The van der Waals surface area contributed by atoms with Crippen molar-refractivity contribution in [3.05, 3.63) is 0 Å². The molecule has 2 aliphatic rings. The summed E-state index contributed by atoms with van der Waals surface area (Å²) >= 11 is 0. The number of nitrogens with zero attached hydrogens (tertiary/aromatic N) is 1. The van der Waals surface area contributed by atoms with Crippen molar-refractivity contribution < 1.29 is 9.59 Å². The number of nitrogens with one attached hydrogen (secondary N) is 2. The van der Waals surface area contributed by atoms with E-state index in [0.717, 1.165) is 38.9 Å². The van der Waals surface area contributed by atoms with Crippen molar-refractivity contribution in [3.63, 3.8) is 0 Å². The molecule has 2 rings (SSSR count). The summed E-state index contributed by atoms with van der Waals surface area (Å²) in [4.78, 5) is 25.7. The van der Waals surface area contributed by atoms with Crippen LogP contribution in [-0.4, -0.2) is 49.4 Å². The zero-order valence-corrected chi connectivity index (χ0v) is 10.6. The molecule has 0 radical (unpaired) electrons. The summed E-state index contributed by atoms with van der Waals surface area (Å²) in [5.41, 5.74) is -0.304. The molecule has 0 saturated carbocycles. The highest BCUT2D eigenvalue weighted by atomic mass is 16.2. The highest BCUT2D eigenvalue weighted by Crippen LogP contribution is 2.30. The molecule has 0 aromatic heterocycles. The quantitative estimate of drug-likeness (QED) is 0.712. The summed E-state index contributed by atoms with van der Waals surface area (Å²) in [5, 5.41) is 6.16. The van der Waals surface area contributed by atoms with E-state index in [0.29, 0.717) is 0 Å². The zero-order chi connectivity index (χ0) is 12.5. The Morgan fingerprint density at radius 2 is 2.41 bits per heavy atom. The number of carbonyl (C=O) groups excluding carboxylic acids is 2. The molecule has 0 aromatic rings. The molecule has 2 N–H and O–H groups in total. The van der Waals surface area contributed by atoms with Crippen LogP contribution in [0.1, 0.15) is 26.2 Å². The summed E-state index contributed by atoms with van der Waals surface area (Å²) in [6.07, 6.45) is 2.42. The number of amides is 2. The van der Waals surface area contributed by atoms with E-state index in [2.05, 4.69) is 10.6 Å². The summed E-state index contributed by atoms with van der Waals surface area (Å²) in [5.74, 6) is 0.0780. The van der Waals surface area contributed by atoms with Crippen LogP contribution in [0.3, 0.4) is 0 Å². The molecule has 0 spiro atoms. The van der Waals surface area contributed by atoms with Gasteiger partial charge >= 0.3 is 0 Å². The maximum Gasteiger partial charge on any atom is 0.244 e. The summed E-state index contributed by atoms with van der Waals surface area (Å²) < 4.78 is 0. The summed E-state index contributed by atoms with van der Waals surface area (Å²) in [7, 11) is 1.78. The lowest BCUT2D eigenvalue weighted by Crippen LogP contribution is -2.48. The Kier molecular flexibility index (Phi) is 3.38. The summed E-state index contributed by atoms with van der Waals surface area (Å²) in [6.45, 7) is 4.39. The third-order valence-corrected chi connectivity index (χ3v) is 4.13. The van der Waals surface area contributed by atoms with Gasteiger partial charge in [-0.05, 0) is 25.8 Å². The Morgan fingerprint density at radius 3 is 2.88 bits per heavy atom. The lowest BCUT2D eigenvalue weighted by molar-refractivity contribution is -0.136. The molecule has 2 aliphatic heterocycles. The Labute approximate surface area is 102 Å². The first kappa shape index (κ1) is 12.4. The molecule has 2 fully saturated rings. The van der Waals surface area contributed by atoms with E-state index in [1.165, 1.54) is 0 Å². The van der Waals surface area contributed by atoms with Crippen LogP contribution in [-0.2, 0) is 9.59 Å². The van der Waals surface area contributed by atoms with Crippen molar-refractivity contribution >= 4 is 11.8 Å². The van der Waals surface area contributed by atoms with Crippen LogP contribution in [0.25, 0.3) is 0 Å². The first-order chi connectivity index (χ1) is 8.09. The molecule has 0 bridgehead atoms. The van der Waals surface area contributed by atoms with Crippen LogP contribution in [0, 0.1) is 5.41 Å². The molecule has 2 saturated heterocycles. The molecule has 96 valence electrons. The van der Waals surface area contributed by atoms with Crippen LogP contribution < -0.4 is 10.6 Å². The minimum Gasteiger partial charge on any atom is -0.344 e. The number of hydrogen-bond donors (Lipinski definition) is 2. The highest BCUT2D eigenvalue weighted by molar-refractivity contribution is 5.91. The molecule has 2 atom stereocenters. The molecule has 0 aliphatic carbocycles. The van der Waals surface area contributed by atoms with Gasteiger partial charge in [-0.3, -0.25) is 9.59 Å². The monoisotopic (exact) mass is 239 g/mol. The molecule has 5 nitrogen and oxygen atoms in total. The number of rotatable bonds is 3. The second-order valence-electron chi connectivity index (χ2n) is 5.14. The van der Waals surface area contributed by atoms with E-state index in [-0.39, 0.29) is 23.3 Å². The van der Waals surface area contributed by atoms with Gasteiger partial charge in [-0.25, -0.2) is 0 Å². The van der Waals surface area contributed by atoms with Crippen LogP contribution >= 0.6 is 0 Å². The van der Waals surface area contributed by atoms with Crippen molar-refractivity contribution in [2.45, 2.75) is 32.2 Å². The predicted octanol–water partition coefficient (Wildman–Crippen LogP) is -0.277. The minimum absolute atomic E-state index is 0.0376. The van der Waals surface area contributed by atoms with E-state index in [1.807, 2.05) is 6.92 Å². The fraction of sp³-hybridized carbons (Fsp3) is 0.833. The zero-order valence-electron chi connectivity index (χ0n) is 10.6. The topological polar surface area (TPSA) is 61.4 Å². The maximum absolute atomic E-state index is 12.3. The van der Waals surface area contributed by atoms with E-state index >= 15 is 0 Å². The van der Waals surface area contributed by atoms with Gasteiger partial charge in [-0.1, -0.05) is 6.92 Å². The number of likely N-dealkylation sites (N-methyl/N-ethyl adjacent to an activating group) is 1. The standard InChI is InChI=1S/C12H21N3O2/c1-3-12(5-6-13-8-12)11(17)14-9-4-7-15(2)10(9)16/h9,13H,3-8H2,1-2H3,(H,14,17). The van der Waals surface area contributed by atoms with Gasteiger partial charge in [-0.15, -0.1) is 0 Å². The normalized spacial score (nSPS) is 33.2. The first-order valence-electron chi connectivity index (χ1n) is 6.36. The average molecular weight is 239 g/mol. The predicted molar refractivity (Wildman–Crippen MR) is 64.4 cm³/mol. The van der Waals surface area contributed by atoms with Crippen LogP contribution in [0.4, 0.5) is 0 Å². The Balaban J connectivity index is 1.99. The lowest BCUT2D eigenvalue weighted by atomic mass is 9.83. The van der Waals surface area contributed by atoms with Gasteiger partial charge in [0.15, 0.2) is 0 Å². The maximum atomic E-state index is 12.3. The minimum atomic E-state index is -0.309. The molecular formula is C12H21N3O2. The Morgan fingerprint density at radius 1 is 1.65 bits per heavy atom. The number of likely N-dealkylation sites (tertiary alicyclic amines) is 1. The van der Waals surface area contributed by atoms with Crippen molar-refractivity contribution in [2.24, 2.45) is 5.41 Å². The molecule has 2 heterocycles. The molecule has 5 heteroatoms. The fourth-order valence-corrected chi connectivity index (χ4v) is 2.67. The Hall–Kier alpha value is -1.10. The van der Waals surface area contributed by atoms with Gasteiger partial charge in [0.2, 0.25) is 11.8 Å². The lowest BCUT2D eigenvalue weighted by Gasteiger charge is -2.26. The third kappa shape index (κ3) is 2.16. The van der Waals surface area contributed by atoms with Crippen molar-refractivity contribution in [1.82, 2.24) is 15.5 Å². The van der Waals surface area contributed by atoms with Crippen molar-refractivity contribution in [3.8, 4) is 0 Å². The van der Waals surface area contributed by atoms with Crippen molar-refractivity contribution in [1.29, 1.82) is 0 Å². The number of hydrogen-bond acceptors (Lipinski definition) is 3. The summed E-state index contributed by atoms with van der Waals surface area (Å²) in [6, 6.07) is -0.309. The Bertz CT molecular complexity index is 324. The molecule has 0 aromatic carbocycles. The van der Waals surface area contributed by atoms with E-state index < -0.39 is 0 Å². The van der Waals surface area contributed by atoms with Crippen LogP contribution in [0.2, 0.25) is 0 Å². The fourth-order valence-electron chi connectivity index (χ4n) is 2.67. The van der Waals surface area contributed by atoms with Crippen molar-refractivity contribution in [2.75, 3.05) is 26.7 Å². The van der Waals surface area contributed by atoms with Crippen LogP contribution in [0.5, 0.6) is 0 Å². The van der Waals surface area contributed by atoms with Gasteiger partial charge in [0.05, 0.1) is 5.41 Å². The van der Waals surface area contributed by atoms with E-state index in [1.54, 1.807) is 11.9 Å². The SMILES string of the molecule is CCC1(C(=O)NC2CCN(C)C2=O)CCNC1. The van der Waals surface area contributed by atoms with Gasteiger partial charge in [-0.2, -0.15) is 0 Å². The van der Waals surface area contributed by atoms with Gasteiger partial charge in [0.1, 0.15) is 6.04 Å². The van der Waals surface area contributed by atoms with E-state index in [9.17, 15) is 9.59 Å².